The Bertz CT molecular complexity index is 677. The molecule has 20 heavy (non-hydrogen) atoms. The van der Waals surface area contributed by atoms with E-state index >= 15 is 0 Å². The standard InChI is InChI=1S/C16H13NO3/c1-19-13-5-6-15-14(9-13)16(18)11(10-20-15)8-12-4-2-3-7-17-12/h2-9H,10H2,1H3/b11-8+. The molecule has 3 rings (SSSR count). The Labute approximate surface area is 116 Å². The van der Waals surface area contributed by atoms with Crippen LogP contribution < -0.4 is 9.47 Å². The fraction of sp³-hybridized carbons (Fsp3) is 0.125. The second-order valence-corrected chi connectivity index (χ2v) is 4.40. The van der Waals surface area contributed by atoms with Crippen molar-refractivity contribution in [2.45, 2.75) is 0 Å². The van der Waals surface area contributed by atoms with Gasteiger partial charge in [-0.1, -0.05) is 6.07 Å². The van der Waals surface area contributed by atoms with Crippen molar-refractivity contribution in [2.24, 2.45) is 0 Å². The molecule has 0 saturated carbocycles. The molecule has 0 radical (unpaired) electrons. The lowest BCUT2D eigenvalue weighted by atomic mass is 9.99. The number of Topliss-reactive ketones (excluding diaryl/α,β-unsaturated/α-hetero) is 1. The van der Waals surface area contributed by atoms with Gasteiger partial charge in [0.25, 0.3) is 0 Å². The molecule has 0 fully saturated rings. The summed E-state index contributed by atoms with van der Waals surface area (Å²) >= 11 is 0. The first-order valence-electron chi connectivity index (χ1n) is 6.25. The summed E-state index contributed by atoms with van der Waals surface area (Å²) in [6, 6.07) is 10.8. The molecule has 4 nitrogen and oxygen atoms in total. The van der Waals surface area contributed by atoms with Gasteiger partial charge in [-0.15, -0.1) is 0 Å². The molecule has 0 amide bonds. The van der Waals surface area contributed by atoms with Crippen molar-refractivity contribution in [2.75, 3.05) is 13.7 Å². The second kappa shape index (κ2) is 5.17. The lowest BCUT2D eigenvalue weighted by Crippen LogP contribution is -2.19. The molecule has 0 aliphatic carbocycles. The summed E-state index contributed by atoms with van der Waals surface area (Å²) in [4.78, 5) is 16.6. The molecule has 4 heteroatoms. The van der Waals surface area contributed by atoms with Gasteiger partial charge in [-0.3, -0.25) is 9.78 Å². The molecule has 0 unspecified atom stereocenters. The Kier molecular flexibility index (Phi) is 3.21. The SMILES string of the molecule is COc1ccc2c(c1)C(=O)/C(=C/c1ccccn1)CO2. The first kappa shape index (κ1) is 12.4. The van der Waals surface area contributed by atoms with Gasteiger partial charge in [0.2, 0.25) is 0 Å². The van der Waals surface area contributed by atoms with E-state index in [0.29, 0.717) is 22.6 Å². The summed E-state index contributed by atoms with van der Waals surface area (Å²) in [5, 5.41) is 0. The van der Waals surface area contributed by atoms with E-state index in [2.05, 4.69) is 4.98 Å². The predicted octanol–water partition coefficient (Wildman–Crippen LogP) is 2.75. The van der Waals surface area contributed by atoms with Crippen LogP contribution in [-0.4, -0.2) is 24.5 Å². The maximum atomic E-state index is 12.5. The molecule has 0 spiro atoms. The molecule has 2 aromatic rings. The van der Waals surface area contributed by atoms with Gasteiger partial charge in [0.15, 0.2) is 5.78 Å². The third-order valence-corrected chi connectivity index (χ3v) is 3.12. The van der Waals surface area contributed by atoms with Crippen LogP contribution in [0.1, 0.15) is 16.1 Å². The van der Waals surface area contributed by atoms with Gasteiger partial charge >= 0.3 is 0 Å². The lowest BCUT2D eigenvalue weighted by molar-refractivity contribution is 0.100. The number of hydrogen-bond acceptors (Lipinski definition) is 4. The van der Waals surface area contributed by atoms with E-state index in [1.54, 1.807) is 37.6 Å². The predicted molar refractivity (Wildman–Crippen MR) is 75.0 cm³/mol. The van der Waals surface area contributed by atoms with Gasteiger partial charge in [0.1, 0.15) is 18.1 Å². The van der Waals surface area contributed by atoms with Gasteiger partial charge in [0, 0.05) is 11.8 Å². The monoisotopic (exact) mass is 267 g/mol. The normalized spacial score (nSPS) is 15.7. The average molecular weight is 267 g/mol. The Morgan fingerprint density at radius 2 is 2.20 bits per heavy atom. The first-order valence-corrected chi connectivity index (χ1v) is 6.25. The zero-order chi connectivity index (χ0) is 13.9. The Hall–Kier alpha value is -2.62. The van der Waals surface area contributed by atoms with Crippen molar-refractivity contribution in [1.29, 1.82) is 0 Å². The average Bonchev–Trinajstić information content (AvgIpc) is 2.51. The molecule has 1 aromatic heterocycles. The lowest BCUT2D eigenvalue weighted by Gasteiger charge is -2.19. The minimum Gasteiger partial charge on any atom is -0.497 e. The van der Waals surface area contributed by atoms with Crippen molar-refractivity contribution in [1.82, 2.24) is 4.98 Å². The van der Waals surface area contributed by atoms with Gasteiger partial charge in [0.05, 0.1) is 18.4 Å². The van der Waals surface area contributed by atoms with E-state index in [9.17, 15) is 4.79 Å². The summed E-state index contributed by atoms with van der Waals surface area (Å²) in [7, 11) is 1.57. The molecular formula is C16H13NO3. The number of benzene rings is 1. The molecule has 0 atom stereocenters. The number of hydrogen-bond donors (Lipinski definition) is 0. The van der Waals surface area contributed by atoms with E-state index in [0.717, 1.165) is 5.69 Å². The molecule has 100 valence electrons. The number of pyridine rings is 1. The summed E-state index contributed by atoms with van der Waals surface area (Å²) in [6.07, 6.45) is 3.45. The van der Waals surface area contributed by atoms with Crippen LogP contribution >= 0.6 is 0 Å². The minimum absolute atomic E-state index is 0.0456. The fourth-order valence-electron chi connectivity index (χ4n) is 2.08. The van der Waals surface area contributed by atoms with Crippen molar-refractivity contribution in [3.8, 4) is 11.5 Å². The maximum absolute atomic E-state index is 12.5. The van der Waals surface area contributed by atoms with Gasteiger partial charge in [-0.05, 0) is 36.4 Å². The molecule has 1 aliphatic heterocycles. The van der Waals surface area contributed by atoms with E-state index in [-0.39, 0.29) is 12.4 Å². The summed E-state index contributed by atoms with van der Waals surface area (Å²) in [5.74, 6) is 1.18. The Balaban J connectivity index is 1.98. The van der Waals surface area contributed by atoms with Gasteiger partial charge < -0.3 is 9.47 Å². The van der Waals surface area contributed by atoms with Crippen molar-refractivity contribution in [3.05, 3.63) is 59.4 Å². The van der Waals surface area contributed by atoms with Crippen LogP contribution in [0, 0.1) is 0 Å². The van der Waals surface area contributed by atoms with Crippen LogP contribution in [0.25, 0.3) is 6.08 Å². The maximum Gasteiger partial charge on any atom is 0.196 e. The zero-order valence-corrected chi connectivity index (χ0v) is 11.0. The number of carbonyl (C=O) groups excluding carboxylic acids is 1. The number of ketones is 1. The smallest absolute Gasteiger partial charge is 0.196 e. The van der Waals surface area contributed by atoms with Gasteiger partial charge in [-0.2, -0.15) is 0 Å². The van der Waals surface area contributed by atoms with Crippen molar-refractivity contribution >= 4 is 11.9 Å². The highest BCUT2D eigenvalue weighted by atomic mass is 16.5. The van der Waals surface area contributed by atoms with Crippen molar-refractivity contribution in [3.63, 3.8) is 0 Å². The van der Waals surface area contributed by atoms with E-state index in [4.69, 9.17) is 9.47 Å². The number of rotatable bonds is 2. The summed E-state index contributed by atoms with van der Waals surface area (Å²) in [6.45, 7) is 0.259. The quantitative estimate of drug-likeness (QED) is 0.785. The van der Waals surface area contributed by atoms with Crippen LogP contribution in [0.15, 0.2) is 48.2 Å². The highest BCUT2D eigenvalue weighted by Gasteiger charge is 2.23. The minimum atomic E-state index is -0.0456. The summed E-state index contributed by atoms with van der Waals surface area (Å²) < 4.78 is 10.7. The topological polar surface area (TPSA) is 48.4 Å². The zero-order valence-electron chi connectivity index (χ0n) is 11.0. The third kappa shape index (κ3) is 2.28. The Morgan fingerprint density at radius 1 is 1.30 bits per heavy atom. The first-order chi connectivity index (χ1) is 9.78. The van der Waals surface area contributed by atoms with E-state index < -0.39 is 0 Å². The van der Waals surface area contributed by atoms with Crippen LogP contribution in [0.3, 0.4) is 0 Å². The molecule has 0 saturated heterocycles. The Morgan fingerprint density at radius 3 is 2.95 bits per heavy atom. The van der Waals surface area contributed by atoms with Crippen LogP contribution in [0.4, 0.5) is 0 Å². The van der Waals surface area contributed by atoms with Crippen molar-refractivity contribution < 1.29 is 14.3 Å². The van der Waals surface area contributed by atoms with Crippen LogP contribution in [0.5, 0.6) is 11.5 Å². The number of aromatic nitrogens is 1. The van der Waals surface area contributed by atoms with E-state index in [1.807, 2.05) is 18.2 Å². The molecule has 0 N–H and O–H groups in total. The summed E-state index contributed by atoms with van der Waals surface area (Å²) in [5.41, 5.74) is 1.85. The number of ether oxygens (including phenoxy) is 2. The highest BCUT2D eigenvalue weighted by Crippen LogP contribution is 2.30. The molecule has 1 aliphatic rings. The number of nitrogens with zero attached hydrogens (tertiary/aromatic N) is 1. The molecular weight excluding hydrogens is 254 g/mol. The third-order valence-electron chi connectivity index (χ3n) is 3.12. The van der Waals surface area contributed by atoms with Crippen LogP contribution in [-0.2, 0) is 0 Å². The van der Waals surface area contributed by atoms with E-state index in [1.165, 1.54) is 0 Å². The molecule has 2 heterocycles. The fourth-order valence-corrected chi connectivity index (χ4v) is 2.08. The number of fused-ring (bicyclic) bond motifs is 1. The molecule has 0 bridgehead atoms. The second-order valence-electron chi connectivity index (χ2n) is 4.40. The molecule has 1 aromatic carbocycles. The number of methoxy groups -OCH3 is 1. The van der Waals surface area contributed by atoms with Gasteiger partial charge in [-0.25, -0.2) is 0 Å². The number of carbonyl (C=O) groups is 1. The largest absolute Gasteiger partial charge is 0.497 e. The highest BCUT2D eigenvalue weighted by molar-refractivity contribution is 6.14. The van der Waals surface area contributed by atoms with Crippen LogP contribution in [0.2, 0.25) is 0 Å².